The highest BCUT2D eigenvalue weighted by Crippen LogP contribution is 2.38. The predicted molar refractivity (Wildman–Crippen MR) is 185 cm³/mol. The van der Waals surface area contributed by atoms with Crippen LogP contribution >= 0.6 is 46.3 Å². The van der Waals surface area contributed by atoms with Crippen LogP contribution in [0.3, 0.4) is 0 Å². The summed E-state index contributed by atoms with van der Waals surface area (Å²) in [5, 5.41) is 19.7. The maximum Gasteiger partial charge on any atom is 0.254 e. The quantitative estimate of drug-likeness (QED) is 0.133. The molecule has 0 saturated heterocycles. The molecule has 0 spiro atoms. The molecule has 0 fully saturated rings. The molecule has 3 N–H and O–H groups in total. The van der Waals surface area contributed by atoms with E-state index in [1.807, 2.05) is 55.7 Å². The Kier molecular flexibility index (Phi) is 11.4. The van der Waals surface area contributed by atoms with Gasteiger partial charge in [0.1, 0.15) is 5.00 Å². The van der Waals surface area contributed by atoms with Crippen molar-refractivity contribution in [1.82, 2.24) is 25.4 Å². The third kappa shape index (κ3) is 7.94. The van der Waals surface area contributed by atoms with Crippen LogP contribution in [-0.2, 0) is 30.7 Å². The summed E-state index contributed by atoms with van der Waals surface area (Å²) < 4.78 is 1.91. The van der Waals surface area contributed by atoms with Crippen LogP contribution < -0.4 is 16.0 Å². The number of hydrogen-bond acceptors (Lipinski definition) is 7. The average Bonchev–Trinajstić information content (AvgIpc) is 3.63. The van der Waals surface area contributed by atoms with Gasteiger partial charge in [0, 0.05) is 23.5 Å². The number of amides is 3. The maximum absolute atomic E-state index is 13.4. The van der Waals surface area contributed by atoms with E-state index in [0.717, 1.165) is 41.7 Å². The molecule has 2 aromatic heterocycles. The molecule has 1 atom stereocenters. The lowest BCUT2D eigenvalue weighted by molar-refractivity contribution is -0.113. The Hall–Kier alpha value is -3.38. The van der Waals surface area contributed by atoms with Crippen molar-refractivity contribution in [3.8, 4) is 0 Å². The Balaban J connectivity index is 1.27. The van der Waals surface area contributed by atoms with Crippen molar-refractivity contribution in [1.29, 1.82) is 0 Å². The van der Waals surface area contributed by atoms with Gasteiger partial charge >= 0.3 is 0 Å². The van der Waals surface area contributed by atoms with E-state index in [1.165, 1.54) is 29.2 Å². The van der Waals surface area contributed by atoms with E-state index in [1.54, 1.807) is 12.1 Å². The summed E-state index contributed by atoms with van der Waals surface area (Å²) >= 11 is 14.9. The van der Waals surface area contributed by atoms with Crippen molar-refractivity contribution in [3.05, 3.63) is 91.5 Å². The number of thioether (sulfide) groups is 1. The van der Waals surface area contributed by atoms with Crippen LogP contribution in [0, 0.1) is 5.92 Å². The summed E-state index contributed by atoms with van der Waals surface area (Å²) in [4.78, 5) is 40.9. The molecule has 13 heteroatoms. The second-order valence-electron chi connectivity index (χ2n) is 11.3. The van der Waals surface area contributed by atoms with Gasteiger partial charge < -0.3 is 20.5 Å². The van der Waals surface area contributed by atoms with Crippen LogP contribution in [0.2, 0.25) is 10.0 Å². The minimum Gasteiger partial charge on any atom is -0.348 e. The van der Waals surface area contributed by atoms with E-state index in [4.69, 9.17) is 23.2 Å². The fraction of sp³-hybridized carbons (Fsp3) is 0.364. The van der Waals surface area contributed by atoms with Gasteiger partial charge in [-0.05, 0) is 67.9 Å². The molecule has 1 aliphatic rings. The second kappa shape index (κ2) is 15.5. The molecule has 46 heavy (non-hydrogen) atoms. The first-order valence-electron chi connectivity index (χ1n) is 15.2. The zero-order valence-corrected chi connectivity index (χ0v) is 29.0. The molecule has 5 rings (SSSR count). The minimum absolute atomic E-state index is 0.00121. The van der Waals surface area contributed by atoms with Crippen molar-refractivity contribution in [2.75, 3.05) is 11.1 Å². The highest BCUT2D eigenvalue weighted by molar-refractivity contribution is 7.99. The lowest BCUT2D eigenvalue weighted by Gasteiger charge is -2.22. The average molecular weight is 700 g/mol. The van der Waals surface area contributed by atoms with Gasteiger partial charge in [0.05, 0.1) is 27.4 Å². The normalized spacial score (nSPS) is 13.3. The van der Waals surface area contributed by atoms with Crippen molar-refractivity contribution in [2.24, 2.45) is 5.92 Å². The number of thiophene rings is 1. The zero-order chi connectivity index (χ0) is 32.8. The number of nitrogens with one attached hydrogen (secondary N) is 3. The van der Waals surface area contributed by atoms with Crippen LogP contribution in [0.1, 0.15) is 82.2 Å². The van der Waals surface area contributed by atoms with E-state index in [9.17, 15) is 14.4 Å². The molecular weight excluding hydrogens is 663 g/mol. The molecule has 0 aliphatic heterocycles. The smallest absolute Gasteiger partial charge is 0.254 e. The Bertz CT molecular complexity index is 1720. The van der Waals surface area contributed by atoms with Gasteiger partial charge in [0.25, 0.3) is 11.8 Å². The topological polar surface area (TPSA) is 118 Å². The Morgan fingerprint density at radius 2 is 1.76 bits per heavy atom. The summed E-state index contributed by atoms with van der Waals surface area (Å²) in [6.07, 6.45) is 3.82. The van der Waals surface area contributed by atoms with Crippen molar-refractivity contribution < 1.29 is 14.4 Å². The predicted octanol–water partition coefficient (Wildman–Crippen LogP) is 7.33. The first-order valence-corrected chi connectivity index (χ1v) is 17.8. The minimum atomic E-state index is -0.438. The number of aryl methyl sites for hydroxylation is 1. The third-order valence-corrected chi connectivity index (χ3v) is 10.7. The summed E-state index contributed by atoms with van der Waals surface area (Å²) in [5.74, 6) is -0.0478. The number of carbonyl (C=O) groups is 3. The number of benzene rings is 2. The maximum atomic E-state index is 13.4. The van der Waals surface area contributed by atoms with Crippen LogP contribution in [-0.4, -0.2) is 38.2 Å². The lowest BCUT2D eigenvalue weighted by Crippen LogP contribution is -2.33. The molecule has 1 aliphatic carbocycles. The van der Waals surface area contributed by atoms with E-state index in [0.29, 0.717) is 50.2 Å². The van der Waals surface area contributed by atoms with Crippen LogP contribution in [0.4, 0.5) is 5.00 Å². The zero-order valence-electron chi connectivity index (χ0n) is 25.9. The number of fused-ring (bicyclic) bond motifs is 1. The van der Waals surface area contributed by atoms with Gasteiger partial charge in [-0.25, -0.2) is 0 Å². The first kappa shape index (κ1) is 34.0. The van der Waals surface area contributed by atoms with Gasteiger partial charge in [-0.2, -0.15) is 0 Å². The fourth-order valence-electron chi connectivity index (χ4n) is 5.38. The highest BCUT2D eigenvalue weighted by Gasteiger charge is 2.28. The van der Waals surface area contributed by atoms with Crippen molar-refractivity contribution in [3.63, 3.8) is 0 Å². The molecule has 3 amide bonds. The number of hydrogen-bond donors (Lipinski definition) is 3. The molecule has 0 unspecified atom stereocenters. The van der Waals surface area contributed by atoms with Crippen molar-refractivity contribution >= 4 is 69.0 Å². The van der Waals surface area contributed by atoms with E-state index < -0.39 is 6.04 Å². The highest BCUT2D eigenvalue weighted by atomic mass is 35.5. The van der Waals surface area contributed by atoms with Gasteiger partial charge in [-0.15, -0.1) is 21.5 Å². The number of nitrogens with zero attached hydrogens (tertiary/aromatic N) is 3. The van der Waals surface area contributed by atoms with Gasteiger partial charge in [0.2, 0.25) is 5.91 Å². The molecule has 2 heterocycles. The standard InChI is InChI=1S/C33H36Cl2N6O3S2/c1-4-41-29(28(19(2)3)38-30(43)21-14-15-23(34)24(35)16-21)39-40-33(41)45-18-26(42)37-32-27(22-12-8-9-13-25(22)46-32)31(44)36-17-20-10-6-5-7-11-20/h5-7,10-11,14-16,19,28H,4,8-9,12-13,17-18H2,1-3H3,(H,36,44)(H,37,42)(H,38,43)/t28-/m1/s1. The first-order chi connectivity index (χ1) is 22.2. The summed E-state index contributed by atoms with van der Waals surface area (Å²) in [5.41, 5.74) is 3.01. The van der Waals surface area contributed by atoms with E-state index in [-0.39, 0.29) is 29.4 Å². The molecule has 0 saturated carbocycles. The molecular formula is C33H36Cl2N6O3S2. The second-order valence-corrected chi connectivity index (χ2v) is 14.2. The van der Waals surface area contributed by atoms with Crippen molar-refractivity contribution in [2.45, 2.75) is 70.7 Å². The van der Waals surface area contributed by atoms with Gasteiger partial charge in [0.15, 0.2) is 11.0 Å². The van der Waals surface area contributed by atoms with E-state index >= 15 is 0 Å². The van der Waals surface area contributed by atoms with Crippen LogP contribution in [0.15, 0.2) is 53.7 Å². The Morgan fingerprint density at radius 3 is 2.48 bits per heavy atom. The number of aromatic nitrogens is 3. The summed E-state index contributed by atoms with van der Waals surface area (Å²) in [6, 6.07) is 14.1. The molecule has 2 aromatic carbocycles. The monoisotopic (exact) mass is 698 g/mol. The van der Waals surface area contributed by atoms with E-state index in [2.05, 4.69) is 26.1 Å². The molecule has 0 bridgehead atoms. The fourth-order valence-corrected chi connectivity index (χ4v) is 7.79. The molecule has 4 aromatic rings. The molecule has 9 nitrogen and oxygen atoms in total. The largest absolute Gasteiger partial charge is 0.348 e. The Labute approximate surface area is 286 Å². The van der Waals surface area contributed by atoms with Gasteiger partial charge in [-0.1, -0.05) is 79.1 Å². The Morgan fingerprint density at radius 1 is 1.00 bits per heavy atom. The van der Waals surface area contributed by atoms with Crippen LogP contribution in [0.5, 0.6) is 0 Å². The third-order valence-electron chi connectivity index (χ3n) is 7.75. The summed E-state index contributed by atoms with van der Waals surface area (Å²) in [7, 11) is 0. The number of rotatable bonds is 12. The SMILES string of the molecule is CCn1c(SCC(=O)Nc2sc3c(c2C(=O)NCc2ccccc2)CCCC3)nnc1[C@H](NC(=O)c1ccc(Cl)c(Cl)c1)C(C)C. The van der Waals surface area contributed by atoms with Crippen LogP contribution in [0.25, 0.3) is 0 Å². The molecule has 242 valence electrons. The lowest BCUT2D eigenvalue weighted by atomic mass is 9.95. The summed E-state index contributed by atoms with van der Waals surface area (Å²) in [6.45, 7) is 6.90. The van der Waals surface area contributed by atoms with Gasteiger partial charge in [-0.3, -0.25) is 14.4 Å². The number of carbonyl (C=O) groups excluding carboxylic acids is 3. The number of anilines is 1. The number of halogens is 2. The molecule has 0 radical (unpaired) electrons.